The van der Waals surface area contributed by atoms with Crippen molar-refractivity contribution in [1.29, 1.82) is 0 Å². The molecule has 0 amide bonds. The van der Waals surface area contributed by atoms with E-state index >= 15 is 0 Å². The molecule has 0 saturated carbocycles. The molecule has 0 aliphatic carbocycles. The van der Waals surface area contributed by atoms with Crippen LogP contribution in [0.15, 0.2) is 58.1 Å². The molecule has 160 valence electrons. The topological polar surface area (TPSA) is 96.8 Å². The molecule has 31 heavy (non-hydrogen) atoms. The average molecular weight is 484 g/mol. The minimum atomic E-state index is 0.333. The maximum Gasteiger partial charge on any atom is 0.250 e. The fourth-order valence-corrected chi connectivity index (χ4v) is 3.40. The Hall–Kier alpha value is -3.24. The van der Waals surface area contributed by atoms with Crippen molar-refractivity contribution in [3.05, 3.63) is 58.6 Å². The lowest BCUT2D eigenvalue weighted by Gasteiger charge is -2.27. The molecule has 2 N–H and O–H groups in total. The highest BCUT2D eigenvalue weighted by Crippen LogP contribution is 2.21. The van der Waals surface area contributed by atoms with Crippen molar-refractivity contribution < 1.29 is 9.47 Å². The van der Waals surface area contributed by atoms with Crippen molar-refractivity contribution in [3.63, 3.8) is 0 Å². The molecule has 2 heterocycles. The summed E-state index contributed by atoms with van der Waals surface area (Å²) in [6.07, 6.45) is 1.67. The van der Waals surface area contributed by atoms with Gasteiger partial charge in [-0.1, -0.05) is 34.1 Å². The van der Waals surface area contributed by atoms with Crippen LogP contribution >= 0.6 is 15.9 Å². The summed E-state index contributed by atoms with van der Waals surface area (Å²) >= 11 is 3.48. The summed E-state index contributed by atoms with van der Waals surface area (Å²) < 4.78 is 11.7. The minimum absolute atomic E-state index is 0.333. The van der Waals surface area contributed by atoms with Crippen LogP contribution < -0.4 is 20.4 Å². The largest absolute Gasteiger partial charge is 0.496 e. The maximum absolute atomic E-state index is 5.44. The Morgan fingerprint density at radius 3 is 2.68 bits per heavy atom. The van der Waals surface area contributed by atoms with Gasteiger partial charge in [0.1, 0.15) is 5.75 Å². The number of hydrogen-bond acceptors (Lipinski definition) is 9. The van der Waals surface area contributed by atoms with E-state index in [1.54, 1.807) is 13.3 Å². The van der Waals surface area contributed by atoms with E-state index in [1.807, 2.05) is 48.5 Å². The molecule has 3 aromatic rings. The number of nitrogens with zero attached hydrogens (tertiary/aromatic N) is 5. The number of hydrazone groups is 1. The predicted molar refractivity (Wildman–Crippen MR) is 124 cm³/mol. The van der Waals surface area contributed by atoms with E-state index in [9.17, 15) is 0 Å². The zero-order chi connectivity index (χ0) is 21.5. The van der Waals surface area contributed by atoms with Gasteiger partial charge in [0.05, 0.1) is 26.5 Å². The number of nitrogens with one attached hydrogen (secondary N) is 2. The number of para-hydroxylation sites is 1. The van der Waals surface area contributed by atoms with Crippen molar-refractivity contribution >= 4 is 45.7 Å². The lowest BCUT2D eigenvalue weighted by Crippen LogP contribution is -2.37. The van der Waals surface area contributed by atoms with Gasteiger partial charge in [-0.3, -0.25) is 0 Å². The third-order valence-corrected chi connectivity index (χ3v) is 5.00. The second-order valence-corrected chi connectivity index (χ2v) is 7.55. The third kappa shape index (κ3) is 5.68. The molecule has 0 bridgehead atoms. The Kier molecular flexibility index (Phi) is 6.90. The van der Waals surface area contributed by atoms with Crippen LogP contribution in [0.1, 0.15) is 5.56 Å². The molecule has 0 atom stereocenters. The van der Waals surface area contributed by atoms with Crippen molar-refractivity contribution in [1.82, 2.24) is 15.0 Å². The van der Waals surface area contributed by atoms with Crippen molar-refractivity contribution in [3.8, 4) is 5.75 Å². The second kappa shape index (κ2) is 10.2. The van der Waals surface area contributed by atoms with Crippen LogP contribution in [-0.4, -0.2) is 54.6 Å². The third-order valence-electron chi connectivity index (χ3n) is 4.51. The molecule has 4 rings (SSSR count). The molecule has 1 aliphatic heterocycles. The molecular formula is C21H22BrN7O2. The molecule has 9 nitrogen and oxygen atoms in total. The van der Waals surface area contributed by atoms with E-state index < -0.39 is 0 Å². The van der Waals surface area contributed by atoms with E-state index in [-0.39, 0.29) is 0 Å². The average Bonchev–Trinajstić information content (AvgIpc) is 2.80. The summed E-state index contributed by atoms with van der Waals surface area (Å²) in [6, 6.07) is 15.4. The van der Waals surface area contributed by atoms with Crippen LogP contribution in [0.25, 0.3) is 0 Å². The van der Waals surface area contributed by atoms with E-state index in [4.69, 9.17) is 9.47 Å². The molecule has 2 aromatic carbocycles. The number of aromatic nitrogens is 3. The van der Waals surface area contributed by atoms with Crippen LogP contribution in [0.3, 0.4) is 0 Å². The Bertz CT molecular complexity index is 1060. The normalized spacial score (nSPS) is 13.9. The quantitative estimate of drug-likeness (QED) is 0.388. The van der Waals surface area contributed by atoms with Gasteiger partial charge in [-0.25, -0.2) is 5.43 Å². The monoisotopic (exact) mass is 483 g/mol. The summed E-state index contributed by atoms with van der Waals surface area (Å²) in [4.78, 5) is 15.6. The molecule has 0 radical (unpaired) electrons. The fraction of sp³-hybridized carbons (Fsp3) is 0.238. The van der Waals surface area contributed by atoms with Gasteiger partial charge in [0.25, 0.3) is 0 Å². The molecular weight excluding hydrogens is 462 g/mol. The van der Waals surface area contributed by atoms with Crippen molar-refractivity contribution in [2.45, 2.75) is 0 Å². The van der Waals surface area contributed by atoms with Gasteiger partial charge < -0.3 is 19.7 Å². The zero-order valence-electron chi connectivity index (χ0n) is 17.0. The molecule has 1 aromatic heterocycles. The number of halogens is 1. The van der Waals surface area contributed by atoms with Crippen molar-refractivity contribution in [2.75, 3.05) is 49.1 Å². The standard InChI is InChI=1S/C21H22BrN7O2/c1-30-18-8-3-2-5-15(18)14-23-28-20-25-19(24-17-7-4-6-16(22)13-17)26-21(27-20)29-9-11-31-12-10-29/h2-8,13-14H,9-12H2,1H3,(H2,24,25,26,27,28). The maximum atomic E-state index is 5.44. The van der Waals surface area contributed by atoms with Crippen LogP contribution in [0.2, 0.25) is 0 Å². The summed E-state index contributed by atoms with van der Waals surface area (Å²) in [5.41, 5.74) is 4.60. The van der Waals surface area contributed by atoms with Gasteiger partial charge in [-0.2, -0.15) is 20.1 Å². The summed E-state index contributed by atoms with van der Waals surface area (Å²) in [7, 11) is 1.63. The number of ether oxygens (including phenoxy) is 2. The van der Waals surface area contributed by atoms with Crippen molar-refractivity contribution in [2.24, 2.45) is 5.10 Å². The number of anilines is 4. The van der Waals surface area contributed by atoms with Gasteiger partial charge >= 0.3 is 0 Å². The molecule has 0 spiro atoms. The zero-order valence-corrected chi connectivity index (χ0v) is 18.5. The van der Waals surface area contributed by atoms with Crippen LogP contribution in [0, 0.1) is 0 Å². The first-order chi connectivity index (χ1) is 15.2. The van der Waals surface area contributed by atoms with E-state index in [0.29, 0.717) is 44.1 Å². The lowest BCUT2D eigenvalue weighted by molar-refractivity contribution is 0.122. The van der Waals surface area contributed by atoms with Gasteiger partial charge in [0.2, 0.25) is 17.8 Å². The first kappa shape index (κ1) is 21.0. The van der Waals surface area contributed by atoms with E-state index in [1.165, 1.54) is 0 Å². The number of benzene rings is 2. The van der Waals surface area contributed by atoms with E-state index in [0.717, 1.165) is 21.5 Å². The first-order valence-corrected chi connectivity index (χ1v) is 10.5. The molecule has 10 heteroatoms. The summed E-state index contributed by atoms with van der Waals surface area (Å²) in [6.45, 7) is 2.69. The predicted octanol–water partition coefficient (Wildman–Crippen LogP) is 3.67. The highest BCUT2D eigenvalue weighted by molar-refractivity contribution is 9.10. The van der Waals surface area contributed by atoms with Crippen LogP contribution in [0.5, 0.6) is 5.75 Å². The molecule has 1 fully saturated rings. The number of methoxy groups -OCH3 is 1. The lowest BCUT2D eigenvalue weighted by atomic mass is 10.2. The van der Waals surface area contributed by atoms with Gasteiger partial charge in [-0.05, 0) is 30.3 Å². The van der Waals surface area contributed by atoms with Gasteiger partial charge in [0, 0.05) is 28.8 Å². The second-order valence-electron chi connectivity index (χ2n) is 6.63. The summed E-state index contributed by atoms with van der Waals surface area (Å²) in [5.74, 6) is 2.05. The Morgan fingerprint density at radius 1 is 1.06 bits per heavy atom. The number of morpholine rings is 1. The van der Waals surface area contributed by atoms with Crippen LogP contribution in [0.4, 0.5) is 23.5 Å². The Labute approximate surface area is 188 Å². The molecule has 1 aliphatic rings. The SMILES string of the molecule is COc1ccccc1C=NNc1nc(Nc2cccc(Br)c2)nc(N2CCOCC2)n1. The van der Waals surface area contributed by atoms with Crippen LogP contribution in [-0.2, 0) is 4.74 Å². The highest BCUT2D eigenvalue weighted by atomic mass is 79.9. The smallest absolute Gasteiger partial charge is 0.250 e. The Balaban J connectivity index is 1.58. The summed E-state index contributed by atoms with van der Waals surface area (Å²) in [5, 5.41) is 7.51. The Morgan fingerprint density at radius 2 is 1.87 bits per heavy atom. The fourth-order valence-electron chi connectivity index (χ4n) is 3.00. The highest BCUT2D eigenvalue weighted by Gasteiger charge is 2.16. The molecule has 0 unspecified atom stereocenters. The molecule has 1 saturated heterocycles. The first-order valence-electron chi connectivity index (χ1n) is 9.75. The number of rotatable bonds is 7. The number of hydrogen-bond donors (Lipinski definition) is 2. The van der Waals surface area contributed by atoms with Gasteiger partial charge in [0.15, 0.2) is 0 Å². The van der Waals surface area contributed by atoms with E-state index in [2.05, 4.69) is 51.6 Å². The van der Waals surface area contributed by atoms with Gasteiger partial charge in [-0.15, -0.1) is 0 Å². The minimum Gasteiger partial charge on any atom is -0.496 e.